The van der Waals surface area contributed by atoms with Crippen LogP contribution in [-0.4, -0.2) is 38.6 Å². The summed E-state index contributed by atoms with van der Waals surface area (Å²) < 4.78 is 1.95. The molecule has 1 aromatic carbocycles. The van der Waals surface area contributed by atoms with Crippen LogP contribution in [0.3, 0.4) is 0 Å². The van der Waals surface area contributed by atoms with Gasteiger partial charge in [0, 0.05) is 30.5 Å². The molecular formula is C23H26ClN3O2S. The van der Waals surface area contributed by atoms with Crippen molar-refractivity contribution in [3.63, 3.8) is 0 Å². The Morgan fingerprint density at radius 2 is 1.87 bits per heavy atom. The van der Waals surface area contributed by atoms with Gasteiger partial charge in [-0.3, -0.25) is 4.79 Å². The van der Waals surface area contributed by atoms with Crippen molar-refractivity contribution in [2.24, 2.45) is 0 Å². The maximum atomic E-state index is 13.3. The van der Waals surface area contributed by atoms with Gasteiger partial charge in [0.2, 0.25) is 0 Å². The molecule has 0 saturated carbocycles. The number of piperidine rings is 1. The minimum atomic E-state index is -0.920. The number of nitrogens with zero attached hydrogens (tertiary/aromatic N) is 3. The molecule has 7 heteroatoms. The van der Waals surface area contributed by atoms with Crippen LogP contribution in [0.5, 0.6) is 0 Å². The SMILES string of the molecule is CCCCc1nc(-n2cccc2)sc1C(=O)N1CCC(O)(c2ccc(Cl)cc2)CC1. The van der Waals surface area contributed by atoms with Gasteiger partial charge in [-0.25, -0.2) is 4.98 Å². The summed E-state index contributed by atoms with van der Waals surface area (Å²) in [5, 5.41) is 12.6. The second-order valence-corrected chi connectivity index (χ2v) is 9.21. The molecule has 5 nitrogen and oxygen atoms in total. The van der Waals surface area contributed by atoms with Gasteiger partial charge < -0.3 is 14.6 Å². The standard InChI is InChI=1S/C23H26ClN3O2S/c1-2-3-6-19-20(30-22(25-19)27-13-4-5-14-27)21(28)26-15-11-23(29,12-16-26)17-7-9-18(24)10-8-17/h4-5,7-10,13-14,29H,2-3,6,11-12,15-16H2,1H3. The van der Waals surface area contributed by atoms with E-state index in [2.05, 4.69) is 6.92 Å². The maximum absolute atomic E-state index is 13.3. The van der Waals surface area contributed by atoms with Crippen molar-refractivity contribution in [3.8, 4) is 5.13 Å². The Morgan fingerprint density at radius 1 is 1.20 bits per heavy atom. The summed E-state index contributed by atoms with van der Waals surface area (Å²) in [7, 11) is 0. The van der Waals surface area contributed by atoms with E-state index in [-0.39, 0.29) is 5.91 Å². The molecule has 0 bridgehead atoms. The number of unbranched alkanes of at least 4 members (excludes halogenated alkanes) is 1. The van der Waals surface area contributed by atoms with E-state index in [1.165, 1.54) is 11.3 Å². The van der Waals surface area contributed by atoms with Crippen LogP contribution in [0.25, 0.3) is 5.13 Å². The summed E-state index contributed by atoms with van der Waals surface area (Å²) in [5.74, 6) is 0.0233. The van der Waals surface area contributed by atoms with Gasteiger partial charge in [0.15, 0.2) is 5.13 Å². The summed E-state index contributed by atoms with van der Waals surface area (Å²) in [6.45, 7) is 3.17. The molecular weight excluding hydrogens is 418 g/mol. The molecule has 158 valence electrons. The van der Waals surface area contributed by atoms with Gasteiger partial charge >= 0.3 is 0 Å². The van der Waals surface area contributed by atoms with E-state index in [1.807, 2.05) is 46.1 Å². The van der Waals surface area contributed by atoms with Gasteiger partial charge in [0.25, 0.3) is 5.91 Å². The van der Waals surface area contributed by atoms with Crippen LogP contribution >= 0.6 is 22.9 Å². The Bertz CT molecular complexity index is 990. The Hall–Kier alpha value is -2.15. The third kappa shape index (κ3) is 4.31. The van der Waals surface area contributed by atoms with E-state index < -0.39 is 5.60 Å². The van der Waals surface area contributed by atoms with Crippen LogP contribution < -0.4 is 0 Å². The van der Waals surface area contributed by atoms with Crippen molar-refractivity contribution in [2.45, 2.75) is 44.6 Å². The predicted octanol–water partition coefficient (Wildman–Crippen LogP) is 5.05. The third-order valence-electron chi connectivity index (χ3n) is 5.73. The van der Waals surface area contributed by atoms with Gasteiger partial charge in [-0.15, -0.1) is 0 Å². The molecule has 1 N–H and O–H groups in total. The van der Waals surface area contributed by atoms with Crippen LogP contribution in [-0.2, 0) is 12.0 Å². The number of carbonyl (C=O) groups excluding carboxylic acids is 1. The molecule has 0 atom stereocenters. The molecule has 0 unspecified atom stereocenters. The summed E-state index contributed by atoms with van der Waals surface area (Å²) in [6.07, 6.45) is 7.78. The summed E-state index contributed by atoms with van der Waals surface area (Å²) in [4.78, 5) is 20.7. The quantitative estimate of drug-likeness (QED) is 0.579. The molecule has 0 spiro atoms. The lowest BCUT2D eigenvalue weighted by Gasteiger charge is -2.38. The Labute approximate surface area is 185 Å². The third-order valence-corrected chi connectivity index (χ3v) is 7.08. The zero-order valence-electron chi connectivity index (χ0n) is 17.1. The number of hydrogen-bond acceptors (Lipinski definition) is 4. The fourth-order valence-corrected chi connectivity index (χ4v) is 5.04. The highest BCUT2D eigenvalue weighted by Gasteiger charge is 2.36. The van der Waals surface area contributed by atoms with Crippen molar-refractivity contribution >= 4 is 28.8 Å². The minimum absolute atomic E-state index is 0.0233. The molecule has 1 aliphatic heterocycles. The van der Waals surface area contributed by atoms with E-state index in [0.717, 1.165) is 40.5 Å². The monoisotopic (exact) mass is 443 g/mol. The van der Waals surface area contributed by atoms with Crippen molar-refractivity contribution in [1.82, 2.24) is 14.5 Å². The van der Waals surface area contributed by atoms with Crippen molar-refractivity contribution in [3.05, 3.63) is 69.9 Å². The number of benzene rings is 1. The molecule has 1 aliphatic rings. The lowest BCUT2D eigenvalue weighted by molar-refractivity contribution is -0.0210. The Balaban J connectivity index is 1.51. The van der Waals surface area contributed by atoms with Crippen LogP contribution in [0.15, 0.2) is 48.8 Å². The predicted molar refractivity (Wildman–Crippen MR) is 121 cm³/mol. The summed E-state index contributed by atoms with van der Waals surface area (Å²) in [5.41, 5.74) is 0.820. The summed E-state index contributed by atoms with van der Waals surface area (Å²) >= 11 is 7.43. The molecule has 1 amide bonds. The van der Waals surface area contributed by atoms with Crippen LogP contribution in [0.1, 0.15) is 53.5 Å². The van der Waals surface area contributed by atoms with Gasteiger partial charge in [0.1, 0.15) is 4.88 Å². The van der Waals surface area contributed by atoms with Gasteiger partial charge in [-0.1, -0.05) is 48.4 Å². The second kappa shape index (κ2) is 8.92. The largest absolute Gasteiger partial charge is 0.385 e. The molecule has 30 heavy (non-hydrogen) atoms. The fourth-order valence-electron chi connectivity index (χ4n) is 3.86. The maximum Gasteiger partial charge on any atom is 0.265 e. The number of aryl methyl sites for hydroxylation is 1. The van der Waals surface area contributed by atoms with Gasteiger partial charge in [-0.2, -0.15) is 0 Å². The number of hydrogen-bond donors (Lipinski definition) is 1. The molecule has 1 saturated heterocycles. The second-order valence-electron chi connectivity index (χ2n) is 7.80. The topological polar surface area (TPSA) is 58.4 Å². The van der Waals surface area contributed by atoms with E-state index in [9.17, 15) is 9.90 Å². The normalized spacial score (nSPS) is 16.0. The molecule has 1 fully saturated rings. The fraction of sp³-hybridized carbons (Fsp3) is 0.391. The smallest absolute Gasteiger partial charge is 0.265 e. The average molecular weight is 444 g/mol. The highest BCUT2D eigenvalue weighted by molar-refractivity contribution is 7.16. The number of halogens is 1. The van der Waals surface area contributed by atoms with Crippen LogP contribution in [0.4, 0.5) is 0 Å². The van der Waals surface area contributed by atoms with E-state index in [1.54, 1.807) is 12.1 Å². The van der Waals surface area contributed by atoms with Crippen molar-refractivity contribution in [2.75, 3.05) is 13.1 Å². The lowest BCUT2D eigenvalue weighted by Crippen LogP contribution is -2.45. The molecule has 3 heterocycles. The molecule has 2 aromatic heterocycles. The van der Waals surface area contributed by atoms with Crippen molar-refractivity contribution in [1.29, 1.82) is 0 Å². The zero-order chi connectivity index (χ0) is 21.1. The molecule has 0 aliphatic carbocycles. The molecule has 4 rings (SSSR count). The van der Waals surface area contributed by atoms with E-state index in [0.29, 0.717) is 31.0 Å². The highest BCUT2D eigenvalue weighted by atomic mass is 35.5. The van der Waals surface area contributed by atoms with Crippen molar-refractivity contribution < 1.29 is 9.90 Å². The Kier molecular flexibility index (Phi) is 6.27. The number of amides is 1. The molecule has 3 aromatic rings. The zero-order valence-corrected chi connectivity index (χ0v) is 18.6. The van der Waals surface area contributed by atoms with Gasteiger partial charge in [0.05, 0.1) is 11.3 Å². The number of likely N-dealkylation sites (tertiary alicyclic amines) is 1. The van der Waals surface area contributed by atoms with Crippen LogP contribution in [0, 0.1) is 0 Å². The first-order chi connectivity index (χ1) is 14.5. The minimum Gasteiger partial charge on any atom is -0.385 e. The number of aliphatic hydroxyl groups is 1. The highest BCUT2D eigenvalue weighted by Crippen LogP contribution is 2.35. The summed E-state index contributed by atoms with van der Waals surface area (Å²) in [6, 6.07) is 11.2. The number of carbonyl (C=O) groups is 1. The number of rotatable bonds is 6. The first-order valence-corrected chi connectivity index (χ1v) is 11.6. The average Bonchev–Trinajstić information content (AvgIpc) is 3.42. The first-order valence-electron chi connectivity index (χ1n) is 10.4. The van der Waals surface area contributed by atoms with Gasteiger partial charge in [-0.05, 0) is 55.5 Å². The van der Waals surface area contributed by atoms with E-state index >= 15 is 0 Å². The van der Waals surface area contributed by atoms with Crippen LogP contribution in [0.2, 0.25) is 5.02 Å². The number of aromatic nitrogens is 2. The number of thiazole rings is 1. The lowest BCUT2D eigenvalue weighted by atomic mass is 9.84. The molecule has 0 radical (unpaired) electrons. The Morgan fingerprint density at radius 3 is 2.50 bits per heavy atom. The van der Waals surface area contributed by atoms with E-state index in [4.69, 9.17) is 16.6 Å². The first kappa shape index (κ1) is 21.1.